The van der Waals surface area contributed by atoms with Gasteiger partial charge in [0.2, 0.25) is 5.91 Å². The Morgan fingerprint density at radius 1 is 1.28 bits per heavy atom. The van der Waals surface area contributed by atoms with Crippen LogP contribution in [0.1, 0.15) is 24.9 Å². The first-order valence-electron chi connectivity index (χ1n) is 6.31. The average Bonchev–Trinajstić information content (AvgIpc) is 2.91. The Morgan fingerprint density at radius 3 is 2.67 bits per heavy atom. The summed E-state index contributed by atoms with van der Waals surface area (Å²) in [5, 5.41) is 3.81. The summed E-state index contributed by atoms with van der Waals surface area (Å²) in [5.74, 6) is 0.197. The third kappa shape index (κ3) is 1.64. The van der Waals surface area contributed by atoms with Crippen molar-refractivity contribution in [3.63, 3.8) is 0 Å². The molecule has 0 N–H and O–H groups in total. The minimum absolute atomic E-state index is 0.0233. The van der Waals surface area contributed by atoms with Crippen LogP contribution in [0.2, 0.25) is 0 Å². The average molecular weight is 244 g/mol. The number of carbonyl (C=O) groups excluding carboxylic acids is 2. The van der Waals surface area contributed by atoms with Crippen LogP contribution in [-0.4, -0.2) is 34.8 Å². The van der Waals surface area contributed by atoms with Crippen LogP contribution in [0.15, 0.2) is 30.3 Å². The number of amides is 1. The van der Waals surface area contributed by atoms with Gasteiger partial charge in [0.25, 0.3) is 0 Å². The fourth-order valence-corrected chi connectivity index (χ4v) is 3.00. The molecule has 2 heterocycles. The van der Waals surface area contributed by atoms with Gasteiger partial charge in [-0.25, -0.2) is 5.01 Å². The fraction of sp³-hybridized carbons (Fsp3) is 0.429. The van der Waals surface area contributed by atoms with Gasteiger partial charge in [0, 0.05) is 19.5 Å². The van der Waals surface area contributed by atoms with E-state index in [4.69, 9.17) is 0 Å². The normalized spacial score (nSPS) is 27.6. The second-order valence-corrected chi connectivity index (χ2v) is 4.96. The number of rotatable bonds is 2. The molecule has 1 amide bonds. The summed E-state index contributed by atoms with van der Waals surface area (Å²) in [5.41, 5.74) is 1.12. The number of ketones is 1. The third-order valence-corrected chi connectivity index (χ3v) is 3.89. The van der Waals surface area contributed by atoms with Crippen molar-refractivity contribution in [1.29, 1.82) is 0 Å². The van der Waals surface area contributed by atoms with Crippen molar-refractivity contribution < 1.29 is 9.59 Å². The summed E-state index contributed by atoms with van der Waals surface area (Å²) in [4.78, 5) is 23.6. The van der Waals surface area contributed by atoms with Gasteiger partial charge in [-0.3, -0.25) is 14.6 Å². The van der Waals surface area contributed by atoms with Gasteiger partial charge >= 0.3 is 0 Å². The quantitative estimate of drug-likeness (QED) is 0.789. The van der Waals surface area contributed by atoms with E-state index in [-0.39, 0.29) is 23.7 Å². The zero-order valence-electron chi connectivity index (χ0n) is 10.4. The summed E-state index contributed by atoms with van der Waals surface area (Å²) in [6.07, 6.45) is 0.563. The summed E-state index contributed by atoms with van der Waals surface area (Å²) in [6.45, 7) is 2.88. The van der Waals surface area contributed by atoms with Crippen LogP contribution in [-0.2, 0) is 9.59 Å². The molecule has 2 saturated heterocycles. The lowest BCUT2D eigenvalue weighted by Gasteiger charge is -2.26. The summed E-state index contributed by atoms with van der Waals surface area (Å²) in [7, 11) is 0. The molecule has 2 fully saturated rings. The predicted molar refractivity (Wildman–Crippen MR) is 66.4 cm³/mol. The SMILES string of the molecule is CC(=O)[C@H]1CN2C(=O)CCN2[C@H]1c1ccccc1. The Bertz CT molecular complexity index is 486. The lowest BCUT2D eigenvalue weighted by atomic mass is 9.91. The molecule has 94 valence electrons. The Hall–Kier alpha value is -1.68. The molecule has 1 aromatic carbocycles. The highest BCUT2D eigenvalue weighted by Gasteiger charge is 2.47. The molecule has 2 aliphatic heterocycles. The summed E-state index contributed by atoms with van der Waals surface area (Å²) < 4.78 is 0. The molecule has 0 radical (unpaired) electrons. The smallest absolute Gasteiger partial charge is 0.238 e. The highest BCUT2D eigenvalue weighted by molar-refractivity contribution is 5.83. The van der Waals surface area contributed by atoms with Gasteiger partial charge in [0.1, 0.15) is 5.78 Å². The molecular weight excluding hydrogens is 228 g/mol. The molecule has 0 spiro atoms. The standard InChI is InChI=1S/C14H16N2O2/c1-10(17)12-9-16-13(18)7-8-15(16)14(12)11-5-3-2-4-6-11/h2-6,12,14H,7-9H2,1H3/t12-,14+/m1/s1. The van der Waals surface area contributed by atoms with E-state index in [1.165, 1.54) is 0 Å². The predicted octanol–water partition coefficient (Wildman–Crippen LogP) is 1.40. The molecule has 18 heavy (non-hydrogen) atoms. The van der Waals surface area contributed by atoms with Crippen molar-refractivity contribution in [2.45, 2.75) is 19.4 Å². The molecule has 2 atom stereocenters. The van der Waals surface area contributed by atoms with E-state index in [9.17, 15) is 9.59 Å². The topological polar surface area (TPSA) is 40.6 Å². The maximum absolute atomic E-state index is 11.8. The zero-order valence-corrected chi connectivity index (χ0v) is 10.4. The summed E-state index contributed by atoms with van der Waals surface area (Å²) >= 11 is 0. The van der Waals surface area contributed by atoms with Crippen LogP contribution < -0.4 is 0 Å². The van der Waals surface area contributed by atoms with E-state index in [2.05, 4.69) is 5.01 Å². The fourth-order valence-electron chi connectivity index (χ4n) is 3.00. The number of hydrazine groups is 1. The van der Waals surface area contributed by atoms with E-state index in [0.717, 1.165) is 12.1 Å². The number of nitrogens with zero attached hydrogens (tertiary/aromatic N) is 2. The number of benzene rings is 1. The third-order valence-electron chi connectivity index (χ3n) is 3.89. The lowest BCUT2D eigenvalue weighted by molar-refractivity contribution is -0.135. The molecule has 1 aromatic rings. The lowest BCUT2D eigenvalue weighted by Crippen LogP contribution is -2.33. The maximum atomic E-state index is 11.8. The Balaban J connectivity index is 1.98. The van der Waals surface area contributed by atoms with Crippen LogP contribution in [0.3, 0.4) is 0 Å². The minimum Gasteiger partial charge on any atom is -0.300 e. The van der Waals surface area contributed by atoms with Crippen molar-refractivity contribution in [3.8, 4) is 0 Å². The molecule has 4 nitrogen and oxygen atoms in total. The first-order chi connectivity index (χ1) is 8.68. The van der Waals surface area contributed by atoms with Crippen molar-refractivity contribution in [1.82, 2.24) is 10.0 Å². The van der Waals surface area contributed by atoms with Crippen LogP contribution >= 0.6 is 0 Å². The first kappa shape index (κ1) is 11.4. The Kier molecular flexibility index (Phi) is 2.67. The monoisotopic (exact) mass is 244 g/mol. The molecule has 2 aliphatic rings. The number of hydrogen-bond donors (Lipinski definition) is 0. The van der Waals surface area contributed by atoms with Crippen molar-refractivity contribution in [3.05, 3.63) is 35.9 Å². The van der Waals surface area contributed by atoms with E-state index >= 15 is 0 Å². The number of hydrogen-bond acceptors (Lipinski definition) is 3. The highest BCUT2D eigenvalue weighted by atomic mass is 16.2. The van der Waals surface area contributed by atoms with Crippen molar-refractivity contribution >= 4 is 11.7 Å². The first-order valence-corrected chi connectivity index (χ1v) is 6.31. The molecule has 4 heteroatoms. The van der Waals surface area contributed by atoms with Gasteiger partial charge < -0.3 is 0 Å². The van der Waals surface area contributed by atoms with Crippen LogP contribution in [0.25, 0.3) is 0 Å². The van der Waals surface area contributed by atoms with E-state index in [0.29, 0.717) is 13.0 Å². The van der Waals surface area contributed by atoms with Crippen molar-refractivity contribution in [2.24, 2.45) is 5.92 Å². The maximum Gasteiger partial charge on any atom is 0.238 e. The summed E-state index contributed by atoms with van der Waals surface area (Å²) in [6, 6.07) is 10.0. The molecule has 0 unspecified atom stereocenters. The van der Waals surface area contributed by atoms with Gasteiger partial charge in [-0.15, -0.1) is 0 Å². The van der Waals surface area contributed by atoms with Gasteiger partial charge in [0.15, 0.2) is 0 Å². The van der Waals surface area contributed by atoms with Gasteiger partial charge in [-0.1, -0.05) is 30.3 Å². The molecule has 0 saturated carbocycles. The molecule has 0 bridgehead atoms. The van der Waals surface area contributed by atoms with Crippen LogP contribution in [0.5, 0.6) is 0 Å². The molecule has 3 rings (SSSR count). The van der Waals surface area contributed by atoms with E-state index < -0.39 is 0 Å². The van der Waals surface area contributed by atoms with Gasteiger partial charge in [0.05, 0.1) is 12.0 Å². The largest absolute Gasteiger partial charge is 0.300 e. The minimum atomic E-state index is -0.100. The number of Topliss-reactive ketones (excluding diaryl/α,β-unsaturated/α-hetero) is 1. The Labute approximate surface area is 106 Å². The molecule has 0 aromatic heterocycles. The number of fused-ring (bicyclic) bond motifs is 1. The highest BCUT2D eigenvalue weighted by Crippen LogP contribution is 2.40. The van der Waals surface area contributed by atoms with Gasteiger partial charge in [-0.2, -0.15) is 0 Å². The molecule has 0 aliphatic carbocycles. The number of carbonyl (C=O) groups is 2. The van der Waals surface area contributed by atoms with Crippen LogP contribution in [0.4, 0.5) is 0 Å². The van der Waals surface area contributed by atoms with Gasteiger partial charge in [-0.05, 0) is 12.5 Å². The van der Waals surface area contributed by atoms with Crippen molar-refractivity contribution in [2.75, 3.05) is 13.1 Å². The second kappa shape index (κ2) is 4.21. The molecular formula is C14H16N2O2. The second-order valence-electron chi connectivity index (χ2n) is 4.96. The van der Waals surface area contributed by atoms with E-state index in [1.807, 2.05) is 30.3 Å². The zero-order chi connectivity index (χ0) is 12.7. The van der Waals surface area contributed by atoms with E-state index in [1.54, 1.807) is 11.9 Å². The Morgan fingerprint density at radius 2 is 2.00 bits per heavy atom. The van der Waals surface area contributed by atoms with Crippen LogP contribution in [0, 0.1) is 5.92 Å².